The number of anilines is 1. The number of halogens is 1. The smallest absolute Gasteiger partial charge is 0.263 e. The maximum Gasteiger partial charge on any atom is 0.263 e. The van der Waals surface area contributed by atoms with E-state index in [-0.39, 0.29) is 18.3 Å². The van der Waals surface area contributed by atoms with Crippen molar-refractivity contribution in [3.05, 3.63) is 47.0 Å². The molecule has 0 aliphatic carbocycles. The molecule has 2 aliphatic rings. The number of fused-ring (bicyclic) bond motifs is 2. The molecule has 2 aliphatic heterocycles. The van der Waals surface area contributed by atoms with Crippen LogP contribution in [0.25, 0.3) is 0 Å². The largest absolute Gasteiger partial charge is 0.486 e. The highest BCUT2D eigenvalue weighted by molar-refractivity contribution is 7.92. The maximum atomic E-state index is 12.9. The summed E-state index contributed by atoms with van der Waals surface area (Å²) in [5.74, 6) is 1.15. The van der Waals surface area contributed by atoms with Crippen LogP contribution in [0.5, 0.6) is 17.2 Å². The van der Waals surface area contributed by atoms with E-state index in [1.807, 2.05) is 19.1 Å². The van der Waals surface area contributed by atoms with Gasteiger partial charge in [0, 0.05) is 5.02 Å². The first-order valence-corrected chi connectivity index (χ1v) is 11.6. The fourth-order valence-electron chi connectivity index (χ4n) is 3.39. The van der Waals surface area contributed by atoms with Crippen molar-refractivity contribution in [2.45, 2.75) is 19.1 Å². The Labute approximate surface area is 179 Å². The minimum atomic E-state index is -3.63. The van der Waals surface area contributed by atoms with Crippen LogP contribution in [0.1, 0.15) is 18.5 Å². The van der Waals surface area contributed by atoms with Gasteiger partial charge in [-0.25, -0.2) is 8.42 Å². The maximum absolute atomic E-state index is 12.9. The Bertz CT molecular complexity index is 1090. The summed E-state index contributed by atoms with van der Waals surface area (Å²) in [5, 5.41) is 3.26. The molecule has 0 bridgehead atoms. The number of rotatable bonds is 4. The van der Waals surface area contributed by atoms with Crippen molar-refractivity contribution >= 4 is 33.2 Å². The Hall–Kier alpha value is -2.65. The molecule has 0 spiro atoms. The molecule has 2 aromatic carbocycles. The average Bonchev–Trinajstić information content (AvgIpc) is 2.71. The summed E-state index contributed by atoms with van der Waals surface area (Å²) in [5.41, 5.74) is 1.14. The molecule has 160 valence electrons. The van der Waals surface area contributed by atoms with Crippen LogP contribution in [0.4, 0.5) is 5.69 Å². The van der Waals surface area contributed by atoms with E-state index in [1.165, 1.54) is 6.07 Å². The Morgan fingerprint density at radius 1 is 1.13 bits per heavy atom. The highest BCUT2D eigenvalue weighted by Gasteiger charge is 2.35. The van der Waals surface area contributed by atoms with Crippen molar-refractivity contribution in [3.8, 4) is 17.2 Å². The standard InChI is InChI=1S/C20H21ClN2O6S/c1-12(13-3-5-17-18(9-13)28-8-7-27-17)22-20(24)19-11-23(30(2,25)26)15-10-14(21)4-6-16(15)29-19/h3-6,9-10,12,19H,7-8,11H2,1-2H3,(H,22,24). The normalized spacial score (nSPS) is 18.8. The summed E-state index contributed by atoms with van der Waals surface area (Å²) in [6.07, 6.45) is 0.0727. The number of benzene rings is 2. The highest BCUT2D eigenvalue weighted by Crippen LogP contribution is 2.37. The van der Waals surface area contributed by atoms with Crippen molar-refractivity contribution in [2.75, 3.05) is 30.3 Å². The number of nitrogens with zero attached hydrogens (tertiary/aromatic N) is 1. The van der Waals surface area contributed by atoms with Gasteiger partial charge in [-0.1, -0.05) is 17.7 Å². The summed E-state index contributed by atoms with van der Waals surface area (Å²) in [6.45, 7) is 2.65. The van der Waals surface area contributed by atoms with E-state index >= 15 is 0 Å². The van der Waals surface area contributed by atoms with E-state index in [2.05, 4.69) is 5.32 Å². The molecule has 8 nitrogen and oxygen atoms in total. The first kappa shape index (κ1) is 20.6. The Kier molecular flexibility index (Phi) is 5.42. The summed E-state index contributed by atoms with van der Waals surface area (Å²) in [7, 11) is -3.63. The Morgan fingerprint density at radius 2 is 1.83 bits per heavy atom. The predicted molar refractivity (Wildman–Crippen MR) is 112 cm³/mol. The number of sulfonamides is 1. The molecule has 0 saturated carbocycles. The molecular formula is C20H21ClN2O6S. The van der Waals surface area contributed by atoms with Crippen molar-refractivity contribution in [1.82, 2.24) is 5.32 Å². The van der Waals surface area contributed by atoms with Gasteiger partial charge >= 0.3 is 0 Å². The molecule has 2 heterocycles. The summed E-state index contributed by atoms with van der Waals surface area (Å²) in [4.78, 5) is 12.9. The van der Waals surface area contributed by atoms with Crippen molar-refractivity contribution < 1.29 is 27.4 Å². The van der Waals surface area contributed by atoms with Crippen LogP contribution >= 0.6 is 11.6 Å². The van der Waals surface area contributed by atoms with Gasteiger partial charge < -0.3 is 19.5 Å². The molecule has 30 heavy (non-hydrogen) atoms. The molecule has 0 saturated heterocycles. The topological polar surface area (TPSA) is 94.2 Å². The lowest BCUT2D eigenvalue weighted by atomic mass is 10.1. The average molecular weight is 453 g/mol. The monoisotopic (exact) mass is 452 g/mol. The molecule has 10 heteroatoms. The number of nitrogens with one attached hydrogen (secondary N) is 1. The molecule has 0 fully saturated rings. The lowest BCUT2D eigenvalue weighted by molar-refractivity contribution is -0.128. The van der Waals surface area contributed by atoms with Crippen LogP contribution < -0.4 is 23.8 Å². The third-order valence-electron chi connectivity index (χ3n) is 4.91. The third-order valence-corrected chi connectivity index (χ3v) is 6.29. The van der Waals surface area contributed by atoms with Gasteiger partial charge in [-0.2, -0.15) is 0 Å². The second-order valence-corrected chi connectivity index (χ2v) is 9.49. The van der Waals surface area contributed by atoms with E-state index in [9.17, 15) is 13.2 Å². The van der Waals surface area contributed by atoms with E-state index < -0.39 is 22.0 Å². The van der Waals surface area contributed by atoms with Crippen molar-refractivity contribution in [1.29, 1.82) is 0 Å². The Morgan fingerprint density at radius 3 is 2.57 bits per heavy atom. The lowest BCUT2D eigenvalue weighted by Gasteiger charge is -2.34. The summed E-state index contributed by atoms with van der Waals surface area (Å²) in [6, 6.07) is 9.76. The van der Waals surface area contributed by atoms with Gasteiger partial charge in [0.25, 0.3) is 5.91 Å². The Balaban J connectivity index is 1.53. The molecule has 2 unspecified atom stereocenters. The lowest BCUT2D eigenvalue weighted by Crippen LogP contribution is -2.50. The molecule has 4 rings (SSSR count). The van der Waals surface area contributed by atoms with E-state index in [4.69, 9.17) is 25.8 Å². The first-order chi connectivity index (χ1) is 14.2. The summed E-state index contributed by atoms with van der Waals surface area (Å²) >= 11 is 6.00. The first-order valence-electron chi connectivity index (χ1n) is 9.36. The van der Waals surface area contributed by atoms with Gasteiger partial charge in [-0.15, -0.1) is 0 Å². The third kappa shape index (κ3) is 4.13. The fourth-order valence-corrected chi connectivity index (χ4v) is 4.47. The SMILES string of the molecule is CC(NC(=O)C1CN(S(C)(=O)=O)c2cc(Cl)ccc2O1)c1ccc2c(c1)OCCO2. The number of amides is 1. The highest BCUT2D eigenvalue weighted by atomic mass is 35.5. The van der Waals surface area contributed by atoms with Gasteiger partial charge in [-0.3, -0.25) is 9.10 Å². The van der Waals surface area contributed by atoms with E-state index in [0.717, 1.165) is 16.1 Å². The summed E-state index contributed by atoms with van der Waals surface area (Å²) < 4.78 is 42.6. The van der Waals surface area contributed by atoms with Crippen LogP contribution in [0.15, 0.2) is 36.4 Å². The van der Waals surface area contributed by atoms with Crippen molar-refractivity contribution in [3.63, 3.8) is 0 Å². The molecule has 1 amide bonds. The second kappa shape index (κ2) is 7.88. The van der Waals surface area contributed by atoms with E-state index in [0.29, 0.717) is 35.4 Å². The van der Waals surface area contributed by atoms with Gasteiger partial charge in [0.2, 0.25) is 10.0 Å². The number of ether oxygens (including phenoxy) is 3. The van der Waals surface area contributed by atoms with Gasteiger partial charge in [0.1, 0.15) is 19.0 Å². The van der Waals surface area contributed by atoms with Crippen LogP contribution in [-0.2, 0) is 14.8 Å². The minimum absolute atomic E-state index is 0.147. The molecular weight excluding hydrogens is 432 g/mol. The van der Waals surface area contributed by atoms with Crippen LogP contribution in [0, 0.1) is 0 Å². The van der Waals surface area contributed by atoms with Crippen LogP contribution in [0.3, 0.4) is 0 Å². The fraction of sp³-hybridized carbons (Fsp3) is 0.350. The number of carbonyl (C=O) groups excluding carboxylic acids is 1. The van der Waals surface area contributed by atoms with Gasteiger partial charge in [0.05, 0.1) is 24.5 Å². The quantitative estimate of drug-likeness (QED) is 0.766. The number of carbonyl (C=O) groups is 1. The zero-order chi connectivity index (χ0) is 21.5. The zero-order valence-corrected chi connectivity index (χ0v) is 18.0. The van der Waals surface area contributed by atoms with E-state index in [1.54, 1.807) is 18.2 Å². The second-order valence-electron chi connectivity index (χ2n) is 7.15. The van der Waals surface area contributed by atoms with Crippen molar-refractivity contribution in [2.24, 2.45) is 0 Å². The molecule has 0 radical (unpaired) electrons. The zero-order valence-electron chi connectivity index (χ0n) is 16.4. The number of hydrogen-bond donors (Lipinski definition) is 1. The predicted octanol–water partition coefficient (Wildman–Crippen LogP) is 2.52. The van der Waals surface area contributed by atoms with Crippen LogP contribution in [0.2, 0.25) is 5.02 Å². The van der Waals surface area contributed by atoms with Gasteiger partial charge in [0.15, 0.2) is 17.6 Å². The number of hydrogen-bond acceptors (Lipinski definition) is 6. The molecule has 2 atom stereocenters. The van der Waals surface area contributed by atoms with Gasteiger partial charge in [-0.05, 0) is 42.8 Å². The molecule has 2 aromatic rings. The molecule has 1 N–H and O–H groups in total. The molecule has 0 aromatic heterocycles. The minimum Gasteiger partial charge on any atom is -0.486 e. The van der Waals surface area contributed by atoms with Crippen LogP contribution in [-0.4, -0.2) is 46.4 Å².